The molecule has 0 heterocycles. The summed E-state index contributed by atoms with van der Waals surface area (Å²) < 4.78 is 24.6. The van der Waals surface area contributed by atoms with E-state index in [0.29, 0.717) is 0 Å². The Morgan fingerprint density at radius 2 is 2.07 bits per heavy atom. The van der Waals surface area contributed by atoms with Crippen LogP contribution in [-0.4, -0.2) is 26.3 Å². The molecule has 15 heavy (non-hydrogen) atoms. The van der Waals surface area contributed by atoms with Crippen molar-refractivity contribution in [3.05, 3.63) is 24.3 Å². The molecule has 1 aromatic carbocycles. The number of anilines is 1. The molecule has 0 saturated carbocycles. The number of para-hydroxylation sites is 1. The Morgan fingerprint density at radius 1 is 1.47 bits per heavy atom. The van der Waals surface area contributed by atoms with Crippen molar-refractivity contribution >= 4 is 15.7 Å². The largest absolute Gasteiger partial charge is 0.398 e. The predicted molar refractivity (Wildman–Crippen MR) is 56.3 cm³/mol. The van der Waals surface area contributed by atoms with E-state index in [2.05, 4.69) is 0 Å². The maximum absolute atomic E-state index is 11.8. The Hall–Kier alpha value is -1.58. The monoisotopic (exact) mass is 225 g/mol. The topological polar surface area (TPSA) is 87.2 Å². The predicted octanol–water partition coefficient (Wildman–Crippen LogP) is 0.413. The molecule has 80 valence electrons. The first-order valence-corrected chi connectivity index (χ1v) is 5.62. The summed E-state index contributed by atoms with van der Waals surface area (Å²) in [6.07, 6.45) is 0. The Bertz CT molecular complexity index is 490. The summed E-state index contributed by atoms with van der Waals surface area (Å²) in [7, 11) is -2.31. The van der Waals surface area contributed by atoms with Gasteiger partial charge in [-0.05, 0) is 12.1 Å². The van der Waals surface area contributed by atoms with Crippen LogP contribution >= 0.6 is 0 Å². The lowest BCUT2D eigenvalue weighted by molar-refractivity contribution is 0.502. The molecule has 0 radical (unpaired) electrons. The van der Waals surface area contributed by atoms with Crippen molar-refractivity contribution in [3.63, 3.8) is 0 Å². The lowest BCUT2D eigenvalue weighted by Gasteiger charge is -2.14. The zero-order chi connectivity index (χ0) is 11.5. The molecule has 0 bridgehead atoms. The summed E-state index contributed by atoms with van der Waals surface area (Å²) in [5.74, 6) is 0. The van der Waals surface area contributed by atoms with Gasteiger partial charge in [0.05, 0.1) is 11.8 Å². The smallest absolute Gasteiger partial charge is 0.245 e. The number of nitrogens with two attached hydrogens (primary N) is 1. The molecular weight excluding hydrogens is 214 g/mol. The first kappa shape index (κ1) is 11.5. The van der Waals surface area contributed by atoms with E-state index >= 15 is 0 Å². The maximum atomic E-state index is 11.8. The molecule has 0 aromatic heterocycles. The van der Waals surface area contributed by atoms with Crippen molar-refractivity contribution in [2.75, 3.05) is 19.3 Å². The third-order valence-corrected chi connectivity index (χ3v) is 3.78. The SMILES string of the molecule is CN(CC#N)S(=O)(=O)c1ccccc1N. The molecule has 0 unspecified atom stereocenters. The molecular formula is C9H11N3O2S. The van der Waals surface area contributed by atoms with Gasteiger partial charge in [-0.2, -0.15) is 9.57 Å². The fourth-order valence-electron chi connectivity index (χ4n) is 1.07. The molecule has 0 spiro atoms. The molecule has 1 aromatic rings. The highest BCUT2D eigenvalue weighted by atomic mass is 32.2. The number of hydrogen-bond acceptors (Lipinski definition) is 4. The number of sulfonamides is 1. The second kappa shape index (κ2) is 4.29. The van der Waals surface area contributed by atoms with Gasteiger partial charge in [-0.25, -0.2) is 8.42 Å². The minimum Gasteiger partial charge on any atom is -0.398 e. The Kier molecular flexibility index (Phi) is 3.29. The minimum absolute atomic E-state index is 0.0303. The fourth-order valence-corrected chi connectivity index (χ4v) is 2.25. The second-order valence-electron chi connectivity index (χ2n) is 2.96. The number of rotatable bonds is 3. The molecule has 2 N–H and O–H groups in total. The molecule has 0 atom stereocenters. The van der Waals surface area contributed by atoms with Crippen molar-refractivity contribution in [2.24, 2.45) is 0 Å². The van der Waals surface area contributed by atoms with Crippen LogP contribution in [0.15, 0.2) is 29.2 Å². The van der Waals surface area contributed by atoms with Crippen LogP contribution in [0.2, 0.25) is 0 Å². The molecule has 0 fully saturated rings. The second-order valence-corrected chi connectivity index (χ2v) is 4.97. The van der Waals surface area contributed by atoms with Crippen molar-refractivity contribution in [1.29, 1.82) is 5.26 Å². The zero-order valence-electron chi connectivity index (χ0n) is 8.21. The van der Waals surface area contributed by atoms with E-state index in [-0.39, 0.29) is 17.1 Å². The summed E-state index contributed by atoms with van der Waals surface area (Å²) in [5.41, 5.74) is 5.73. The van der Waals surface area contributed by atoms with Crippen LogP contribution < -0.4 is 5.73 Å². The summed E-state index contributed by atoms with van der Waals surface area (Å²) in [6, 6.07) is 7.93. The van der Waals surface area contributed by atoms with Crippen LogP contribution in [0.3, 0.4) is 0 Å². The van der Waals surface area contributed by atoms with Gasteiger partial charge in [-0.15, -0.1) is 0 Å². The van der Waals surface area contributed by atoms with Gasteiger partial charge in [0, 0.05) is 7.05 Å². The standard InChI is InChI=1S/C9H11N3O2S/c1-12(7-6-10)15(13,14)9-5-3-2-4-8(9)11/h2-5H,7,11H2,1H3. The molecule has 0 aliphatic rings. The van der Waals surface area contributed by atoms with Gasteiger partial charge in [0.2, 0.25) is 10.0 Å². The van der Waals surface area contributed by atoms with Crippen LogP contribution in [0.4, 0.5) is 5.69 Å². The van der Waals surface area contributed by atoms with E-state index in [9.17, 15) is 8.42 Å². The quantitative estimate of drug-likeness (QED) is 0.596. The normalized spacial score (nSPS) is 11.3. The van der Waals surface area contributed by atoms with Crippen molar-refractivity contribution in [1.82, 2.24) is 4.31 Å². The van der Waals surface area contributed by atoms with Crippen molar-refractivity contribution in [2.45, 2.75) is 4.90 Å². The molecule has 5 nitrogen and oxygen atoms in total. The number of hydrogen-bond donors (Lipinski definition) is 1. The summed E-state index contributed by atoms with van der Waals surface area (Å²) in [6.45, 7) is -0.198. The lowest BCUT2D eigenvalue weighted by Crippen LogP contribution is -2.27. The molecule has 0 aliphatic carbocycles. The summed E-state index contributed by atoms with van der Waals surface area (Å²) in [4.78, 5) is 0.0303. The highest BCUT2D eigenvalue weighted by molar-refractivity contribution is 7.89. The average molecular weight is 225 g/mol. The van der Waals surface area contributed by atoms with Gasteiger partial charge >= 0.3 is 0 Å². The molecule has 0 amide bonds. The van der Waals surface area contributed by atoms with Crippen molar-refractivity contribution < 1.29 is 8.42 Å². The van der Waals surface area contributed by atoms with Gasteiger partial charge in [0.1, 0.15) is 11.4 Å². The average Bonchev–Trinajstić information content (AvgIpc) is 2.18. The number of benzene rings is 1. The molecule has 6 heteroatoms. The van der Waals surface area contributed by atoms with Gasteiger partial charge in [-0.1, -0.05) is 12.1 Å². The molecule has 1 rings (SSSR count). The van der Waals surface area contributed by atoms with Crippen molar-refractivity contribution in [3.8, 4) is 6.07 Å². The highest BCUT2D eigenvalue weighted by Crippen LogP contribution is 2.20. The third kappa shape index (κ3) is 2.26. The molecule has 0 aliphatic heterocycles. The van der Waals surface area contributed by atoms with Gasteiger partial charge in [0.15, 0.2) is 0 Å². The summed E-state index contributed by atoms with van der Waals surface area (Å²) >= 11 is 0. The molecule has 0 saturated heterocycles. The van der Waals surface area contributed by atoms with Crippen LogP contribution in [0.25, 0.3) is 0 Å². The van der Waals surface area contributed by atoms with E-state index in [1.54, 1.807) is 18.2 Å². The zero-order valence-corrected chi connectivity index (χ0v) is 9.03. The van der Waals surface area contributed by atoms with Crippen LogP contribution in [0.5, 0.6) is 0 Å². The maximum Gasteiger partial charge on any atom is 0.245 e. The van der Waals surface area contributed by atoms with E-state index in [1.807, 2.05) is 0 Å². The lowest BCUT2D eigenvalue weighted by atomic mass is 10.3. The van der Waals surface area contributed by atoms with E-state index in [1.165, 1.54) is 19.2 Å². The number of nitrogen functional groups attached to an aromatic ring is 1. The first-order valence-electron chi connectivity index (χ1n) is 4.18. The van der Waals surface area contributed by atoms with Gasteiger partial charge < -0.3 is 5.73 Å². The van der Waals surface area contributed by atoms with E-state index in [4.69, 9.17) is 11.0 Å². The van der Waals surface area contributed by atoms with E-state index in [0.717, 1.165) is 4.31 Å². The van der Waals surface area contributed by atoms with Gasteiger partial charge in [-0.3, -0.25) is 0 Å². The van der Waals surface area contributed by atoms with Crippen LogP contribution in [0.1, 0.15) is 0 Å². The third-order valence-electron chi connectivity index (χ3n) is 1.90. The number of nitriles is 1. The van der Waals surface area contributed by atoms with Crippen LogP contribution in [-0.2, 0) is 10.0 Å². The summed E-state index contributed by atoms with van der Waals surface area (Å²) in [5, 5.41) is 8.43. The fraction of sp³-hybridized carbons (Fsp3) is 0.222. The van der Waals surface area contributed by atoms with Gasteiger partial charge in [0.25, 0.3) is 0 Å². The minimum atomic E-state index is -3.65. The number of nitrogens with zero attached hydrogens (tertiary/aromatic N) is 2. The van der Waals surface area contributed by atoms with Crippen LogP contribution in [0, 0.1) is 11.3 Å². The first-order chi connectivity index (χ1) is 7.00. The Balaban J connectivity index is 3.19. The Morgan fingerprint density at radius 3 is 2.60 bits per heavy atom. The Labute approximate surface area is 88.8 Å². The van der Waals surface area contributed by atoms with E-state index < -0.39 is 10.0 Å². The highest BCUT2D eigenvalue weighted by Gasteiger charge is 2.22.